The van der Waals surface area contributed by atoms with Crippen molar-refractivity contribution < 1.29 is 4.74 Å². The van der Waals surface area contributed by atoms with Crippen LogP contribution in [0.1, 0.15) is 32.1 Å². The third-order valence-electron chi connectivity index (χ3n) is 2.45. The van der Waals surface area contributed by atoms with Crippen LogP contribution in [0, 0.1) is 5.92 Å². The van der Waals surface area contributed by atoms with E-state index in [1.807, 2.05) is 0 Å². The van der Waals surface area contributed by atoms with Crippen LogP contribution in [0.25, 0.3) is 0 Å². The van der Waals surface area contributed by atoms with E-state index in [0.717, 1.165) is 6.61 Å². The topological polar surface area (TPSA) is 9.23 Å². The highest BCUT2D eigenvalue weighted by molar-refractivity contribution is 6.20. The maximum absolute atomic E-state index is 6.19. The number of ether oxygens (including phenoxy) is 1. The van der Waals surface area contributed by atoms with Crippen LogP contribution in [-0.2, 0) is 4.74 Å². The van der Waals surface area contributed by atoms with Crippen LogP contribution in [0.4, 0.5) is 0 Å². The number of methoxy groups -OCH3 is 1. The highest BCUT2D eigenvalue weighted by atomic mass is 35.5. The third-order valence-corrected chi connectivity index (χ3v) is 3.02. The fourth-order valence-corrected chi connectivity index (χ4v) is 2.09. The molecule has 0 N–H and O–H groups in total. The second-order valence-corrected chi connectivity index (χ2v) is 3.93. The summed E-state index contributed by atoms with van der Waals surface area (Å²) in [6.45, 7) is 0.841. The average Bonchev–Trinajstić information content (AvgIpc) is 2.18. The van der Waals surface area contributed by atoms with Crippen LogP contribution in [0.5, 0.6) is 0 Å². The van der Waals surface area contributed by atoms with E-state index in [9.17, 15) is 0 Å². The molecule has 0 spiro atoms. The summed E-state index contributed by atoms with van der Waals surface area (Å²) in [4.78, 5) is 0. The van der Waals surface area contributed by atoms with Crippen molar-refractivity contribution in [2.45, 2.75) is 37.5 Å². The van der Waals surface area contributed by atoms with E-state index in [1.54, 1.807) is 7.11 Å². The zero-order valence-corrected chi connectivity index (χ0v) is 7.94. The summed E-state index contributed by atoms with van der Waals surface area (Å²) >= 11 is 6.19. The van der Waals surface area contributed by atoms with Gasteiger partial charge in [0.25, 0.3) is 0 Å². The van der Waals surface area contributed by atoms with Crippen molar-refractivity contribution in [3.63, 3.8) is 0 Å². The van der Waals surface area contributed by atoms with E-state index in [4.69, 9.17) is 16.3 Å². The van der Waals surface area contributed by atoms with Crippen LogP contribution < -0.4 is 0 Å². The molecule has 0 aromatic carbocycles. The smallest absolute Gasteiger partial charge is 0.0504 e. The maximum atomic E-state index is 6.19. The molecule has 66 valence electrons. The van der Waals surface area contributed by atoms with E-state index < -0.39 is 0 Å². The first-order chi connectivity index (χ1) is 5.34. The van der Waals surface area contributed by atoms with E-state index in [2.05, 4.69) is 0 Å². The fraction of sp³-hybridized carbons (Fsp3) is 1.00. The Hall–Kier alpha value is 0.250. The van der Waals surface area contributed by atoms with Crippen LogP contribution in [0.3, 0.4) is 0 Å². The molecule has 0 aromatic rings. The number of hydrogen-bond acceptors (Lipinski definition) is 1. The Morgan fingerprint density at radius 1 is 1.27 bits per heavy atom. The Bertz CT molecular complexity index is 106. The Labute approximate surface area is 74.1 Å². The fourth-order valence-electron chi connectivity index (χ4n) is 1.74. The summed E-state index contributed by atoms with van der Waals surface area (Å²) in [5, 5.41) is 0.359. The first-order valence-corrected chi connectivity index (χ1v) is 4.91. The predicted octanol–water partition coefficient (Wildman–Crippen LogP) is 2.82. The molecule has 1 fully saturated rings. The summed E-state index contributed by atoms with van der Waals surface area (Å²) in [6.07, 6.45) is 6.41. The van der Waals surface area contributed by atoms with Crippen LogP contribution in [-0.4, -0.2) is 19.1 Å². The SMILES string of the molecule is COCC1CCCCCC1Cl. The van der Waals surface area contributed by atoms with Crippen LogP contribution >= 0.6 is 11.6 Å². The molecule has 1 nitrogen and oxygen atoms in total. The summed E-state index contributed by atoms with van der Waals surface area (Å²) in [7, 11) is 1.76. The summed E-state index contributed by atoms with van der Waals surface area (Å²) in [5.74, 6) is 0.601. The lowest BCUT2D eigenvalue weighted by Crippen LogP contribution is -2.18. The number of hydrogen-bond donors (Lipinski definition) is 0. The van der Waals surface area contributed by atoms with Gasteiger partial charge in [0.05, 0.1) is 6.61 Å². The van der Waals surface area contributed by atoms with Gasteiger partial charge in [-0.15, -0.1) is 11.6 Å². The molecule has 0 heterocycles. The molecule has 1 aliphatic carbocycles. The average molecular weight is 177 g/mol. The minimum Gasteiger partial charge on any atom is -0.384 e. The Balaban J connectivity index is 2.32. The van der Waals surface area contributed by atoms with Gasteiger partial charge in [-0.05, 0) is 18.8 Å². The highest BCUT2D eigenvalue weighted by Crippen LogP contribution is 2.27. The van der Waals surface area contributed by atoms with Gasteiger partial charge in [-0.1, -0.05) is 19.3 Å². The number of rotatable bonds is 2. The lowest BCUT2D eigenvalue weighted by molar-refractivity contribution is 0.146. The third kappa shape index (κ3) is 3.00. The van der Waals surface area contributed by atoms with Gasteiger partial charge in [-0.3, -0.25) is 0 Å². The second-order valence-electron chi connectivity index (χ2n) is 3.37. The van der Waals surface area contributed by atoms with Gasteiger partial charge >= 0.3 is 0 Å². The molecule has 0 saturated heterocycles. The molecule has 2 heteroatoms. The van der Waals surface area contributed by atoms with Crippen molar-refractivity contribution in [3.05, 3.63) is 0 Å². The largest absolute Gasteiger partial charge is 0.384 e. The van der Waals surface area contributed by atoms with E-state index in [1.165, 1.54) is 32.1 Å². The van der Waals surface area contributed by atoms with Crippen LogP contribution in [0.2, 0.25) is 0 Å². The van der Waals surface area contributed by atoms with Gasteiger partial charge in [0.1, 0.15) is 0 Å². The van der Waals surface area contributed by atoms with Gasteiger partial charge in [0, 0.05) is 12.5 Å². The normalized spacial score (nSPS) is 33.3. The molecule has 0 bridgehead atoms. The van der Waals surface area contributed by atoms with Crippen molar-refractivity contribution >= 4 is 11.6 Å². The monoisotopic (exact) mass is 176 g/mol. The van der Waals surface area contributed by atoms with E-state index >= 15 is 0 Å². The molecule has 2 unspecified atom stereocenters. The van der Waals surface area contributed by atoms with Crippen LogP contribution in [0.15, 0.2) is 0 Å². The number of halogens is 1. The molecule has 0 amide bonds. The highest BCUT2D eigenvalue weighted by Gasteiger charge is 2.20. The summed E-state index contributed by atoms with van der Waals surface area (Å²) in [5.41, 5.74) is 0. The molecule has 2 atom stereocenters. The molecule has 0 aromatic heterocycles. The van der Waals surface area contributed by atoms with Gasteiger partial charge < -0.3 is 4.74 Å². The lowest BCUT2D eigenvalue weighted by Gasteiger charge is -2.17. The van der Waals surface area contributed by atoms with Gasteiger partial charge in [0.2, 0.25) is 0 Å². The predicted molar refractivity (Wildman–Crippen MR) is 48.1 cm³/mol. The standard InChI is InChI=1S/C9H17ClO/c1-11-7-8-5-3-2-4-6-9(8)10/h8-9H,2-7H2,1H3. The first-order valence-electron chi connectivity index (χ1n) is 4.47. The lowest BCUT2D eigenvalue weighted by atomic mass is 10.0. The minimum atomic E-state index is 0.359. The molecule has 0 aliphatic heterocycles. The Kier molecular flexibility index (Phi) is 4.24. The van der Waals surface area contributed by atoms with Crippen molar-refractivity contribution in [2.24, 2.45) is 5.92 Å². The first kappa shape index (κ1) is 9.34. The zero-order chi connectivity index (χ0) is 8.10. The molecule has 1 aliphatic rings. The van der Waals surface area contributed by atoms with Gasteiger partial charge in [-0.2, -0.15) is 0 Å². The van der Waals surface area contributed by atoms with Crippen molar-refractivity contribution in [3.8, 4) is 0 Å². The quantitative estimate of drug-likeness (QED) is 0.465. The van der Waals surface area contributed by atoms with Crippen molar-refractivity contribution in [1.82, 2.24) is 0 Å². The van der Waals surface area contributed by atoms with E-state index in [-0.39, 0.29) is 0 Å². The van der Waals surface area contributed by atoms with E-state index in [0.29, 0.717) is 11.3 Å². The summed E-state index contributed by atoms with van der Waals surface area (Å²) in [6, 6.07) is 0. The van der Waals surface area contributed by atoms with Gasteiger partial charge in [0.15, 0.2) is 0 Å². The van der Waals surface area contributed by atoms with Crippen molar-refractivity contribution in [2.75, 3.05) is 13.7 Å². The van der Waals surface area contributed by atoms with Crippen molar-refractivity contribution in [1.29, 1.82) is 0 Å². The van der Waals surface area contributed by atoms with Gasteiger partial charge in [-0.25, -0.2) is 0 Å². The zero-order valence-electron chi connectivity index (χ0n) is 7.18. The molecule has 1 saturated carbocycles. The Morgan fingerprint density at radius 3 is 2.73 bits per heavy atom. The minimum absolute atomic E-state index is 0.359. The maximum Gasteiger partial charge on any atom is 0.0504 e. The Morgan fingerprint density at radius 2 is 2.00 bits per heavy atom. The molecular formula is C9H17ClO. The molecule has 0 radical (unpaired) electrons. The molecule has 1 rings (SSSR count). The second kappa shape index (κ2) is 5.00. The number of alkyl halides is 1. The molecule has 11 heavy (non-hydrogen) atoms. The summed E-state index contributed by atoms with van der Waals surface area (Å²) < 4.78 is 5.12. The molecular weight excluding hydrogens is 160 g/mol.